The van der Waals surface area contributed by atoms with Gasteiger partial charge in [0.1, 0.15) is 12.1 Å². The summed E-state index contributed by atoms with van der Waals surface area (Å²) in [7, 11) is 0. The van der Waals surface area contributed by atoms with Crippen LogP contribution in [0.3, 0.4) is 0 Å². The Bertz CT molecular complexity index is 364. The number of aliphatic hydroxyl groups is 2. The van der Waals surface area contributed by atoms with Crippen LogP contribution in [0, 0.1) is 5.92 Å². The monoisotopic (exact) mass is 369 g/mol. The average Bonchev–Trinajstić information content (AvgIpc) is 3.06. The van der Waals surface area contributed by atoms with Gasteiger partial charge in [0, 0.05) is 6.42 Å². The molecule has 0 saturated heterocycles. The number of hydrogen-bond donors (Lipinski definition) is 2. The van der Waals surface area contributed by atoms with Crippen molar-refractivity contribution < 1.29 is 14.9 Å². The second-order valence-corrected chi connectivity index (χ2v) is 8.51. The summed E-state index contributed by atoms with van der Waals surface area (Å²) >= 11 is 0. The molecule has 0 radical (unpaired) electrons. The summed E-state index contributed by atoms with van der Waals surface area (Å²) in [5, 5.41) is 18.6. The third-order valence-electron chi connectivity index (χ3n) is 5.38. The van der Waals surface area contributed by atoms with Crippen molar-refractivity contribution >= 4 is 5.90 Å². The number of aliphatic hydroxyl groups excluding tert-OH is 2. The minimum absolute atomic E-state index is 0.148. The maximum atomic E-state index is 9.29. The molecule has 0 aliphatic carbocycles. The van der Waals surface area contributed by atoms with Crippen molar-refractivity contribution in [2.75, 3.05) is 19.8 Å². The molecular formula is C22H43NO3. The smallest absolute Gasteiger partial charge is 0.184 e. The van der Waals surface area contributed by atoms with Crippen molar-refractivity contribution in [2.45, 2.75) is 109 Å². The summed E-state index contributed by atoms with van der Waals surface area (Å²) in [5.74, 6) is 1.57. The first kappa shape index (κ1) is 23.4. The number of unbranched alkanes of at least 4 members (excludes halogenated alkanes) is 11. The first-order valence-electron chi connectivity index (χ1n) is 11.0. The van der Waals surface area contributed by atoms with Gasteiger partial charge >= 0.3 is 0 Å². The normalized spacial score (nSPS) is 16.1. The lowest BCUT2D eigenvalue weighted by atomic mass is 10.0. The van der Waals surface area contributed by atoms with Gasteiger partial charge in [-0.15, -0.1) is 0 Å². The molecule has 0 spiro atoms. The van der Waals surface area contributed by atoms with E-state index in [4.69, 9.17) is 4.74 Å². The summed E-state index contributed by atoms with van der Waals surface area (Å²) in [5.41, 5.74) is -0.788. The highest BCUT2D eigenvalue weighted by atomic mass is 16.5. The highest BCUT2D eigenvalue weighted by Crippen LogP contribution is 2.20. The molecule has 0 atom stereocenters. The first-order chi connectivity index (χ1) is 12.6. The Hall–Kier alpha value is -0.610. The molecule has 0 unspecified atom stereocenters. The van der Waals surface area contributed by atoms with Crippen LogP contribution in [0.1, 0.15) is 104 Å². The average molecular weight is 370 g/mol. The van der Waals surface area contributed by atoms with Gasteiger partial charge in [0.25, 0.3) is 0 Å². The van der Waals surface area contributed by atoms with E-state index >= 15 is 0 Å². The van der Waals surface area contributed by atoms with Crippen molar-refractivity contribution in [3.63, 3.8) is 0 Å². The van der Waals surface area contributed by atoms with Crippen LogP contribution in [0.2, 0.25) is 0 Å². The molecule has 26 heavy (non-hydrogen) atoms. The van der Waals surface area contributed by atoms with E-state index in [1.807, 2.05) is 0 Å². The molecule has 0 aromatic rings. The van der Waals surface area contributed by atoms with Crippen molar-refractivity contribution in [1.29, 1.82) is 0 Å². The predicted octanol–water partition coefficient (Wildman–Crippen LogP) is 5.26. The van der Waals surface area contributed by atoms with E-state index in [0.29, 0.717) is 12.5 Å². The van der Waals surface area contributed by atoms with E-state index in [1.165, 1.54) is 77.0 Å². The lowest BCUT2D eigenvalue weighted by Gasteiger charge is -2.16. The molecular weight excluding hydrogens is 326 g/mol. The van der Waals surface area contributed by atoms with E-state index in [9.17, 15) is 10.2 Å². The van der Waals surface area contributed by atoms with Crippen molar-refractivity contribution in [3.05, 3.63) is 0 Å². The summed E-state index contributed by atoms with van der Waals surface area (Å²) < 4.78 is 5.50. The standard InChI is InChI=1S/C22H43NO3/c1-20(2)15-13-11-9-7-5-3-4-6-8-10-12-14-16-21-23-22(17-24,18-25)19-26-21/h20,24-25H,3-19H2,1-2H3. The lowest BCUT2D eigenvalue weighted by Crippen LogP contribution is -2.37. The summed E-state index contributed by atoms with van der Waals surface area (Å²) in [4.78, 5) is 4.35. The Labute approximate surface area is 161 Å². The van der Waals surface area contributed by atoms with Gasteiger partial charge in [-0.1, -0.05) is 90.9 Å². The molecule has 1 aliphatic rings. The first-order valence-corrected chi connectivity index (χ1v) is 11.0. The zero-order valence-corrected chi connectivity index (χ0v) is 17.3. The van der Waals surface area contributed by atoms with E-state index < -0.39 is 5.54 Å². The van der Waals surface area contributed by atoms with Crippen LogP contribution in [0.15, 0.2) is 4.99 Å². The van der Waals surface area contributed by atoms with E-state index in [-0.39, 0.29) is 13.2 Å². The Kier molecular flexibility index (Phi) is 13.0. The Morgan fingerprint density at radius 3 is 1.69 bits per heavy atom. The maximum absolute atomic E-state index is 9.29. The van der Waals surface area contributed by atoms with Crippen LogP contribution in [-0.4, -0.2) is 41.5 Å². The Balaban J connectivity index is 1.83. The molecule has 0 fully saturated rings. The SMILES string of the molecule is CC(C)CCCCCCCCCCCCCCC1=NC(CO)(CO)CO1. The number of rotatable bonds is 17. The van der Waals surface area contributed by atoms with Gasteiger partial charge in [0.15, 0.2) is 5.90 Å². The topological polar surface area (TPSA) is 62.1 Å². The van der Waals surface area contributed by atoms with E-state index in [2.05, 4.69) is 18.8 Å². The zero-order valence-electron chi connectivity index (χ0n) is 17.3. The van der Waals surface area contributed by atoms with Gasteiger partial charge < -0.3 is 14.9 Å². The third-order valence-corrected chi connectivity index (χ3v) is 5.38. The van der Waals surface area contributed by atoms with E-state index in [0.717, 1.165) is 18.8 Å². The number of hydrogen-bond acceptors (Lipinski definition) is 4. The van der Waals surface area contributed by atoms with Gasteiger partial charge in [-0.05, 0) is 12.3 Å². The zero-order chi connectivity index (χ0) is 19.1. The van der Waals surface area contributed by atoms with Gasteiger partial charge in [-0.2, -0.15) is 0 Å². The highest BCUT2D eigenvalue weighted by molar-refractivity contribution is 5.78. The fraction of sp³-hybridized carbons (Fsp3) is 0.955. The largest absolute Gasteiger partial charge is 0.478 e. The number of nitrogens with zero attached hydrogens (tertiary/aromatic N) is 1. The minimum atomic E-state index is -0.788. The van der Waals surface area contributed by atoms with E-state index in [1.54, 1.807) is 0 Å². The van der Waals surface area contributed by atoms with Crippen LogP contribution in [0.5, 0.6) is 0 Å². The van der Waals surface area contributed by atoms with Gasteiger partial charge in [0.2, 0.25) is 0 Å². The van der Waals surface area contributed by atoms with Crippen LogP contribution in [0.25, 0.3) is 0 Å². The van der Waals surface area contributed by atoms with Gasteiger partial charge in [0.05, 0.1) is 13.2 Å². The fourth-order valence-electron chi connectivity index (χ4n) is 3.48. The molecule has 154 valence electrons. The molecule has 0 amide bonds. The second-order valence-electron chi connectivity index (χ2n) is 8.51. The summed E-state index contributed by atoms with van der Waals surface area (Å²) in [6.45, 7) is 4.65. The highest BCUT2D eigenvalue weighted by Gasteiger charge is 2.35. The van der Waals surface area contributed by atoms with Crippen molar-refractivity contribution in [2.24, 2.45) is 10.9 Å². The maximum Gasteiger partial charge on any atom is 0.184 e. The lowest BCUT2D eigenvalue weighted by molar-refractivity contribution is 0.0972. The van der Waals surface area contributed by atoms with Crippen molar-refractivity contribution in [1.82, 2.24) is 0 Å². The van der Waals surface area contributed by atoms with Crippen LogP contribution < -0.4 is 0 Å². The van der Waals surface area contributed by atoms with Crippen molar-refractivity contribution in [3.8, 4) is 0 Å². The molecule has 2 N–H and O–H groups in total. The quantitative estimate of drug-likeness (QED) is 0.344. The molecule has 4 nitrogen and oxygen atoms in total. The Morgan fingerprint density at radius 1 is 0.808 bits per heavy atom. The molecule has 4 heteroatoms. The molecule has 0 aromatic heterocycles. The Morgan fingerprint density at radius 2 is 1.27 bits per heavy atom. The second kappa shape index (κ2) is 14.4. The van der Waals surface area contributed by atoms with Gasteiger partial charge in [-0.25, -0.2) is 4.99 Å². The summed E-state index contributed by atoms with van der Waals surface area (Å²) in [6.07, 6.45) is 18.4. The number of ether oxygens (including phenoxy) is 1. The molecule has 1 aliphatic heterocycles. The van der Waals surface area contributed by atoms with Crippen LogP contribution in [0.4, 0.5) is 0 Å². The summed E-state index contributed by atoms with van der Waals surface area (Å²) in [6, 6.07) is 0. The van der Waals surface area contributed by atoms with Crippen LogP contribution >= 0.6 is 0 Å². The molecule has 0 saturated carbocycles. The third kappa shape index (κ3) is 10.5. The molecule has 0 aromatic carbocycles. The minimum Gasteiger partial charge on any atom is -0.478 e. The van der Waals surface area contributed by atoms with Crippen LogP contribution in [-0.2, 0) is 4.74 Å². The number of aliphatic imine (C=N–C) groups is 1. The molecule has 1 heterocycles. The predicted molar refractivity (Wildman–Crippen MR) is 110 cm³/mol. The fourth-order valence-corrected chi connectivity index (χ4v) is 3.48. The molecule has 1 rings (SSSR count). The van der Waals surface area contributed by atoms with Gasteiger partial charge in [-0.3, -0.25) is 0 Å². The molecule has 0 bridgehead atoms.